The Hall–Kier alpha value is -2.80. The fraction of sp³-hybridized carbons (Fsp3) is 0.318. The van der Waals surface area contributed by atoms with Gasteiger partial charge in [-0.1, -0.05) is 47.7 Å². The van der Waals surface area contributed by atoms with Gasteiger partial charge in [0.25, 0.3) is 0 Å². The summed E-state index contributed by atoms with van der Waals surface area (Å²) in [4.78, 5) is 14.7. The number of aromatic nitrogens is 3. The average molecular weight is 408 g/mol. The second-order valence-corrected chi connectivity index (χ2v) is 8.15. The van der Waals surface area contributed by atoms with Crippen LogP contribution in [-0.4, -0.2) is 39.5 Å². The molecule has 4 rings (SSSR count). The van der Waals surface area contributed by atoms with Gasteiger partial charge in [-0.25, -0.2) is 0 Å². The molecule has 1 fully saturated rings. The molecule has 2 heterocycles. The summed E-state index contributed by atoms with van der Waals surface area (Å²) in [5.74, 6) is 1.08. The van der Waals surface area contributed by atoms with Crippen molar-refractivity contribution in [2.45, 2.75) is 31.3 Å². The zero-order valence-corrected chi connectivity index (χ0v) is 17.4. The molecule has 0 unspecified atom stereocenters. The third-order valence-corrected chi connectivity index (χ3v) is 5.87. The van der Waals surface area contributed by atoms with Gasteiger partial charge in [0.05, 0.1) is 11.4 Å². The van der Waals surface area contributed by atoms with Gasteiger partial charge >= 0.3 is 0 Å². The summed E-state index contributed by atoms with van der Waals surface area (Å²) in [5.41, 5.74) is 2.98. The Balaban J connectivity index is 1.51. The van der Waals surface area contributed by atoms with Crippen molar-refractivity contribution in [2.24, 2.45) is 0 Å². The fourth-order valence-corrected chi connectivity index (χ4v) is 4.17. The number of nitrogens with zero attached hydrogens (tertiary/aromatic N) is 4. The lowest BCUT2D eigenvalue weighted by molar-refractivity contribution is -0.113. The molecule has 0 saturated carbocycles. The molecule has 6 nitrogen and oxygen atoms in total. The van der Waals surface area contributed by atoms with E-state index in [1.807, 2.05) is 61.5 Å². The van der Waals surface area contributed by atoms with E-state index in [0.29, 0.717) is 0 Å². The maximum Gasteiger partial charge on any atom is 0.234 e. The molecule has 29 heavy (non-hydrogen) atoms. The molecule has 1 saturated heterocycles. The fourth-order valence-electron chi connectivity index (χ4n) is 3.42. The maximum absolute atomic E-state index is 12.4. The number of benzene rings is 2. The van der Waals surface area contributed by atoms with Crippen LogP contribution in [-0.2, 0) is 4.79 Å². The molecule has 0 aliphatic carbocycles. The largest absolute Gasteiger partial charge is 0.341 e. The number of hydrogen-bond donors (Lipinski definition) is 1. The number of rotatable bonds is 6. The number of aryl methyl sites for hydroxylation is 1. The smallest absolute Gasteiger partial charge is 0.234 e. The second-order valence-electron chi connectivity index (χ2n) is 7.20. The van der Waals surface area contributed by atoms with E-state index in [2.05, 4.69) is 25.0 Å². The van der Waals surface area contributed by atoms with Gasteiger partial charge in [0.15, 0.2) is 5.16 Å². The lowest BCUT2D eigenvalue weighted by atomic mass is 10.1. The number of hydrogen-bond acceptors (Lipinski definition) is 5. The van der Waals surface area contributed by atoms with E-state index in [1.54, 1.807) is 0 Å². The SMILES string of the molecule is Cc1ccc(NC(=O)CSc2nnc(N3CCCCC3)n2-c2ccccc2)cc1. The van der Waals surface area contributed by atoms with Crippen molar-refractivity contribution in [3.63, 3.8) is 0 Å². The zero-order chi connectivity index (χ0) is 20.1. The first-order chi connectivity index (χ1) is 14.2. The highest BCUT2D eigenvalue weighted by Crippen LogP contribution is 2.28. The summed E-state index contributed by atoms with van der Waals surface area (Å²) in [6.07, 6.45) is 3.60. The normalized spacial score (nSPS) is 14.0. The van der Waals surface area contributed by atoms with Gasteiger partial charge < -0.3 is 10.2 Å². The van der Waals surface area contributed by atoms with Gasteiger partial charge in [0.2, 0.25) is 11.9 Å². The summed E-state index contributed by atoms with van der Waals surface area (Å²) in [6.45, 7) is 4.00. The van der Waals surface area contributed by atoms with Gasteiger partial charge in [-0.15, -0.1) is 10.2 Å². The predicted molar refractivity (Wildman–Crippen MR) is 118 cm³/mol. The molecule has 3 aromatic rings. The molecular formula is C22H25N5OS. The van der Waals surface area contributed by atoms with E-state index in [-0.39, 0.29) is 11.7 Å². The summed E-state index contributed by atoms with van der Waals surface area (Å²) < 4.78 is 2.06. The molecule has 7 heteroatoms. The minimum atomic E-state index is -0.0546. The summed E-state index contributed by atoms with van der Waals surface area (Å²) >= 11 is 1.41. The van der Waals surface area contributed by atoms with Gasteiger partial charge in [0.1, 0.15) is 0 Å². The Kier molecular flexibility index (Phi) is 6.14. The van der Waals surface area contributed by atoms with Crippen LogP contribution in [0.4, 0.5) is 11.6 Å². The molecule has 150 valence electrons. The van der Waals surface area contributed by atoms with Crippen molar-refractivity contribution in [1.29, 1.82) is 0 Å². The standard InChI is InChI=1S/C22H25N5OS/c1-17-10-12-18(13-11-17)23-20(28)16-29-22-25-24-21(26-14-6-3-7-15-26)27(22)19-8-4-2-5-9-19/h2,4-5,8-13H,3,6-7,14-16H2,1H3,(H,23,28). The van der Waals surface area contributed by atoms with E-state index in [0.717, 1.165) is 35.6 Å². The third kappa shape index (κ3) is 4.79. The number of para-hydroxylation sites is 1. The summed E-state index contributed by atoms with van der Waals surface area (Å²) in [6, 6.07) is 17.9. The summed E-state index contributed by atoms with van der Waals surface area (Å²) in [7, 11) is 0. The monoisotopic (exact) mass is 407 g/mol. The average Bonchev–Trinajstić information content (AvgIpc) is 3.19. The molecule has 2 aromatic carbocycles. The molecule has 0 bridgehead atoms. The van der Waals surface area contributed by atoms with E-state index in [1.165, 1.54) is 36.6 Å². The van der Waals surface area contributed by atoms with E-state index in [9.17, 15) is 4.79 Å². The lowest BCUT2D eigenvalue weighted by Crippen LogP contribution is -2.31. The molecule has 0 spiro atoms. The topological polar surface area (TPSA) is 63.1 Å². The molecule has 1 aliphatic rings. The van der Waals surface area contributed by atoms with E-state index >= 15 is 0 Å². The zero-order valence-electron chi connectivity index (χ0n) is 16.5. The van der Waals surface area contributed by atoms with Crippen molar-refractivity contribution >= 4 is 29.3 Å². The van der Waals surface area contributed by atoms with Crippen LogP contribution in [0.3, 0.4) is 0 Å². The van der Waals surface area contributed by atoms with E-state index in [4.69, 9.17) is 0 Å². The highest BCUT2D eigenvalue weighted by atomic mass is 32.2. The molecule has 1 N–H and O–H groups in total. The molecule has 0 atom stereocenters. The van der Waals surface area contributed by atoms with Crippen molar-refractivity contribution in [3.05, 3.63) is 60.2 Å². The number of thioether (sulfide) groups is 1. The van der Waals surface area contributed by atoms with Crippen LogP contribution in [0.15, 0.2) is 59.8 Å². The predicted octanol–water partition coefficient (Wildman–Crippen LogP) is 4.30. The first kappa shape index (κ1) is 19.5. The Morgan fingerprint density at radius 3 is 2.45 bits per heavy atom. The highest BCUT2D eigenvalue weighted by molar-refractivity contribution is 7.99. The van der Waals surface area contributed by atoms with Gasteiger partial charge in [-0.3, -0.25) is 9.36 Å². The van der Waals surface area contributed by atoms with Crippen LogP contribution >= 0.6 is 11.8 Å². The highest BCUT2D eigenvalue weighted by Gasteiger charge is 2.22. The lowest BCUT2D eigenvalue weighted by Gasteiger charge is -2.27. The Morgan fingerprint density at radius 1 is 1.00 bits per heavy atom. The number of nitrogens with one attached hydrogen (secondary N) is 1. The van der Waals surface area contributed by atoms with Gasteiger partial charge in [0, 0.05) is 18.8 Å². The van der Waals surface area contributed by atoms with Crippen molar-refractivity contribution in [2.75, 3.05) is 29.1 Å². The Labute approximate surface area is 175 Å². The Bertz CT molecular complexity index is 949. The van der Waals surface area contributed by atoms with Crippen molar-refractivity contribution < 1.29 is 4.79 Å². The van der Waals surface area contributed by atoms with Crippen LogP contribution in [0.5, 0.6) is 0 Å². The molecule has 0 radical (unpaired) electrons. The van der Waals surface area contributed by atoms with Crippen LogP contribution in [0.2, 0.25) is 0 Å². The number of amides is 1. The van der Waals surface area contributed by atoms with Gasteiger partial charge in [-0.05, 0) is 50.5 Å². The number of anilines is 2. The second kappa shape index (κ2) is 9.13. The number of carbonyl (C=O) groups is 1. The van der Waals surface area contributed by atoms with Crippen LogP contribution < -0.4 is 10.2 Å². The van der Waals surface area contributed by atoms with Crippen LogP contribution in [0.1, 0.15) is 24.8 Å². The molecule has 1 aliphatic heterocycles. The third-order valence-electron chi connectivity index (χ3n) is 4.94. The van der Waals surface area contributed by atoms with E-state index < -0.39 is 0 Å². The minimum Gasteiger partial charge on any atom is -0.341 e. The van der Waals surface area contributed by atoms with Crippen molar-refractivity contribution in [3.8, 4) is 5.69 Å². The summed E-state index contributed by atoms with van der Waals surface area (Å²) in [5, 5.41) is 12.6. The van der Waals surface area contributed by atoms with Crippen LogP contribution in [0, 0.1) is 6.92 Å². The minimum absolute atomic E-state index is 0.0546. The maximum atomic E-state index is 12.4. The van der Waals surface area contributed by atoms with Crippen molar-refractivity contribution in [1.82, 2.24) is 14.8 Å². The van der Waals surface area contributed by atoms with Gasteiger partial charge in [-0.2, -0.15) is 0 Å². The number of carbonyl (C=O) groups excluding carboxylic acids is 1. The quantitative estimate of drug-likeness (QED) is 0.618. The van der Waals surface area contributed by atoms with Crippen LogP contribution in [0.25, 0.3) is 5.69 Å². The number of piperidine rings is 1. The first-order valence-corrected chi connectivity index (χ1v) is 10.9. The molecule has 1 amide bonds. The molecular weight excluding hydrogens is 382 g/mol. The first-order valence-electron chi connectivity index (χ1n) is 9.96. The Morgan fingerprint density at radius 2 is 1.72 bits per heavy atom. The molecule has 1 aromatic heterocycles.